The van der Waals surface area contributed by atoms with Gasteiger partial charge in [0.15, 0.2) is 5.96 Å². The fraction of sp³-hybridized carbons (Fsp3) is 0.714. The van der Waals surface area contributed by atoms with Crippen molar-refractivity contribution < 1.29 is 4.74 Å². The molecule has 0 radical (unpaired) electrons. The predicted molar refractivity (Wildman–Crippen MR) is 113 cm³/mol. The van der Waals surface area contributed by atoms with Gasteiger partial charge in [-0.1, -0.05) is 6.92 Å². The average Bonchev–Trinajstić information content (AvgIpc) is 2.66. The van der Waals surface area contributed by atoms with Crippen LogP contribution in [0, 0.1) is 19.8 Å². The minimum atomic E-state index is 0.543. The quantitative estimate of drug-likeness (QED) is 0.416. The van der Waals surface area contributed by atoms with Crippen LogP contribution in [0.15, 0.2) is 11.2 Å². The van der Waals surface area contributed by atoms with Crippen molar-refractivity contribution in [2.24, 2.45) is 10.9 Å². The minimum absolute atomic E-state index is 0.543. The van der Waals surface area contributed by atoms with Gasteiger partial charge in [0.25, 0.3) is 0 Å². The Labute approximate surface area is 164 Å². The van der Waals surface area contributed by atoms with Crippen molar-refractivity contribution in [3.8, 4) is 5.75 Å². The Morgan fingerprint density at radius 1 is 1.30 bits per heavy atom. The smallest absolute Gasteiger partial charge is 0.191 e. The van der Waals surface area contributed by atoms with Crippen LogP contribution in [0.4, 0.5) is 0 Å². The predicted octanol–water partition coefficient (Wildman–Crippen LogP) is 2.88. The molecule has 27 heavy (non-hydrogen) atoms. The van der Waals surface area contributed by atoms with Gasteiger partial charge in [-0.2, -0.15) is 0 Å². The summed E-state index contributed by atoms with van der Waals surface area (Å²) in [7, 11) is 1.71. The molecule has 0 bridgehead atoms. The van der Waals surface area contributed by atoms with Gasteiger partial charge in [0, 0.05) is 30.4 Å². The molecule has 1 fully saturated rings. The molecule has 0 aliphatic carbocycles. The topological polar surface area (TPSA) is 61.8 Å². The van der Waals surface area contributed by atoms with E-state index in [9.17, 15) is 0 Å². The lowest BCUT2D eigenvalue weighted by Crippen LogP contribution is -2.39. The Hall–Kier alpha value is -1.82. The number of pyridine rings is 1. The first kappa shape index (κ1) is 21.5. The van der Waals surface area contributed by atoms with E-state index in [0.717, 1.165) is 60.5 Å². The van der Waals surface area contributed by atoms with Crippen molar-refractivity contribution >= 4 is 5.96 Å². The van der Waals surface area contributed by atoms with Gasteiger partial charge in [0.1, 0.15) is 5.75 Å². The van der Waals surface area contributed by atoms with Crippen LogP contribution in [0.1, 0.15) is 49.9 Å². The molecule has 0 unspecified atom stereocenters. The van der Waals surface area contributed by atoms with E-state index in [-0.39, 0.29) is 0 Å². The Balaban J connectivity index is 1.83. The Morgan fingerprint density at radius 3 is 2.70 bits per heavy atom. The summed E-state index contributed by atoms with van der Waals surface area (Å²) >= 11 is 0. The second-order valence-corrected chi connectivity index (χ2v) is 7.55. The third kappa shape index (κ3) is 6.69. The highest BCUT2D eigenvalue weighted by Crippen LogP contribution is 2.24. The molecule has 2 heterocycles. The van der Waals surface area contributed by atoms with Crippen molar-refractivity contribution in [3.05, 3.63) is 23.0 Å². The molecule has 1 saturated heterocycles. The molecule has 0 saturated carbocycles. The number of piperidine rings is 1. The Kier molecular flexibility index (Phi) is 8.85. The average molecular weight is 376 g/mol. The fourth-order valence-corrected chi connectivity index (χ4v) is 3.52. The van der Waals surface area contributed by atoms with Crippen LogP contribution in [0.3, 0.4) is 0 Å². The lowest BCUT2D eigenvalue weighted by molar-refractivity contribution is 0.191. The molecule has 1 aromatic heterocycles. The van der Waals surface area contributed by atoms with E-state index in [1.807, 2.05) is 20.0 Å². The molecule has 6 heteroatoms. The maximum Gasteiger partial charge on any atom is 0.191 e. The van der Waals surface area contributed by atoms with E-state index in [1.165, 1.54) is 25.9 Å². The van der Waals surface area contributed by atoms with Crippen molar-refractivity contribution in [2.75, 3.05) is 39.8 Å². The molecule has 1 aliphatic heterocycles. The van der Waals surface area contributed by atoms with Crippen LogP contribution in [0.5, 0.6) is 5.75 Å². The highest BCUT2D eigenvalue weighted by molar-refractivity contribution is 5.79. The largest absolute Gasteiger partial charge is 0.496 e. The van der Waals surface area contributed by atoms with Crippen molar-refractivity contribution in [1.29, 1.82) is 0 Å². The second kappa shape index (κ2) is 11.1. The summed E-state index contributed by atoms with van der Waals surface area (Å²) < 4.78 is 5.49. The molecule has 2 N–H and O–H groups in total. The SMILES string of the molecule is CCNC(=NCc1ncc(C)c(OC)c1C)NCCCN1CCC(C)CC1. The van der Waals surface area contributed by atoms with Crippen molar-refractivity contribution in [2.45, 2.75) is 53.5 Å². The first-order valence-electron chi connectivity index (χ1n) is 10.3. The monoisotopic (exact) mass is 375 g/mol. The molecular formula is C21H37N5O. The number of hydrogen-bond donors (Lipinski definition) is 2. The van der Waals surface area contributed by atoms with Gasteiger partial charge in [0.2, 0.25) is 0 Å². The molecule has 0 aromatic carbocycles. The van der Waals surface area contributed by atoms with Crippen LogP contribution in [-0.4, -0.2) is 55.7 Å². The fourth-order valence-electron chi connectivity index (χ4n) is 3.52. The zero-order chi connectivity index (χ0) is 19.6. The first-order chi connectivity index (χ1) is 13.0. The number of nitrogens with one attached hydrogen (secondary N) is 2. The molecule has 0 spiro atoms. The summed E-state index contributed by atoms with van der Waals surface area (Å²) in [6.07, 6.45) is 5.67. The number of aromatic nitrogens is 1. The van der Waals surface area contributed by atoms with Gasteiger partial charge in [0.05, 0.1) is 19.3 Å². The second-order valence-electron chi connectivity index (χ2n) is 7.55. The molecule has 0 atom stereocenters. The normalized spacial score (nSPS) is 16.4. The summed E-state index contributed by atoms with van der Waals surface area (Å²) in [6, 6.07) is 0. The maximum absolute atomic E-state index is 5.49. The number of ether oxygens (including phenoxy) is 1. The Morgan fingerprint density at radius 2 is 2.04 bits per heavy atom. The van der Waals surface area contributed by atoms with Crippen LogP contribution in [-0.2, 0) is 6.54 Å². The number of rotatable bonds is 8. The highest BCUT2D eigenvalue weighted by Gasteiger charge is 2.14. The van der Waals surface area contributed by atoms with E-state index in [4.69, 9.17) is 9.73 Å². The summed E-state index contributed by atoms with van der Waals surface area (Å²) in [5.41, 5.74) is 3.08. The summed E-state index contributed by atoms with van der Waals surface area (Å²) in [5, 5.41) is 6.77. The Bertz CT molecular complexity index is 609. The molecule has 1 aromatic rings. The number of aliphatic imine (C=N–C) groups is 1. The van der Waals surface area contributed by atoms with Gasteiger partial charge in [-0.05, 0) is 65.6 Å². The zero-order valence-corrected chi connectivity index (χ0v) is 17.8. The number of likely N-dealkylation sites (tertiary alicyclic amines) is 1. The van der Waals surface area contributed by atoms with Crippen molar-refractivity contribution in [1.82, 2.24) is 20.5 Å². The summed E-state index contributed by atoms with van der Waals surface area (Å²) in [4.78, 5) is 11.8. The van der Waals surface area contributed by atoms with E-state index < -0.39 is 0 Å². The first-order valence-corrected chi connectivity index (χ1v) is 10.3. The molecule has 2 rings (SSSR count). The number of nitrogens with zero attached hydrogens (tertiary/aromatic N) is 3. The van der Waals surface area contributed by atoms with Crippen LogP contribution >= 0.6 is 0 Å². The van der Waals surface area contributed by atoms with E-state index in [2.05, 4.69) is 34.4 Å². The molecule has 1 aliphatic rings. The molecular weight excluding hydrogens is 338 g/mol. The van der Waals surface area contributed by atoms with Crippen molar-refractivity contribution in [3.63, 3.8) is 0 Å². The van der Waals surface area contributed by atoms with Gasteiger partial charge in [-0.3, -0.25) is 4.98 Å². The van der Waals surface area contributed by atoms with Gasteiger partial charge < -0.3 is 20.3 Å². The number of methoxy groups -OCH3 is 1. The van der Waals surface area contributed by atoms with Gasteiger partial charge in [-0.15, -0.1) is 0 Å². The number of aryl methyl sites for hydroxylation is 1. The minimum Gasteiger partial charge on any atom is -0.496 e. The van der Waals surface area contributed by atoms with E-state index in [0.29, 0.717) is 6.54 Å². The van der Waals surface area contributed by atoms with Gasteiger partial charge in [-0.25, -0.2) is 4.99 Å². The lowest BCUT2D eigenvalue weighted by Gasteiger charge is -2.30. The standard InChI is InChI=1S/C21H37N5O/c1-6-22-21(23-10-7-11-26-12-8-16(2)9-13-26)25-15-19-18(4)20(27-5)17(3)14-24-19/h14,16H,6-13,15H2,1-5H3,(H2,22,23,25). The summed E-state index contributed by atoms with van der Waals surface area (Å²) in [5.74, 6) is 2.65. The third-order valence-corrected chi connectivity index (χ3v) is 5.30. The third-order valence-electron chi connectivity index (χ3n) is 5.30. The number of guanidine groups is 1. The van der Waals surface area contributed by atoms with Crippen LogP contribution in [0.2, 0.25) is 0 Å². The molecule has 0 amide bonds. The van der Waals surface area contributed by atoms with Crippen LogP contribution < -0.4 is 15.4 Å². The molecule has 6 nitrogen and oxygen atoms in total. The highest BCUT2D eigenvalue weighted by atomic mass is 16.5. The summed E-state index contributed by atoms with van der Waals surface area (Å²) in [6.45, 7) is 14.5. The van der Waals surface area contributed by atoms with E-state index in [1.54, 1.807) is 7.11 Å². The lowest BCUT2D eigenvalue weighted by atomic mass is 9.99. The maximum atomic E-state index is 5.49. The van der Waals surface area contributed by atoms with Crippen LogP contribution in [0.25, 0.3) is 0 Å². The molecule has 152 valence electrons. The van der Waals surface area contributed by atoms with E-state index >= 15 is 0 Å². The number of hydrogen-bond acceptors (Lipinski definition) is 4. The van der Waals surface area contributed by atoms with Gasteiger partial charge >= 0.3 is 0 Å². The zero-order valence-electron chi connectivity index (χ0n) is 17.8.